The number of nitrogens with one attached hydrogen (secondary N) is 1. The third-order valence-electron chi connectivity index (χ3n) is 3.60. The Balaban J connectivity index is 1.95. The molecular formula is C19H23N3O2. The van der Waals surface area contributed by atoms with E-state index >= 15 is 0 Å². The van der Waals surface area contributed by atoms with Gasteiger partial charge in [-0.3, -0.25) is 9.78 Å². The van der Waals surface area contributed by atoms with Gasteiger partial charge in [-0.2, -0.15) is 5.10 Å². The molecule has 0 saturated carbocycles. The summed E-state index contributed by atoms with van der Waals surface area (Å²) in [5.74, 6) is 0.783. The first-order valence-corrected chi connectivity index (χ1v) is 7.94. The number of carbonyl (C=O) groups excluding carboxylic acids is 1. The van der Waals surface area contributed by atoms with E-state index < -0.39 is 0 Å². The summed E-state index contributed by atoms with van der Waals surface area (Å²) in [5.41, 5.74) is 6.33. The van der Waals surface area contributed by atoms with Crippen LogP contribution in [0.3, 0.4) is 0 Å². The van der Waals surface area contributed by atoms with E-state index in [-0.39, 0.29) is 12.5 Å². The van der Waals surface area contributed by atoms with Crippen LogP contribution in [0.5, 0.6) is 5.75 Å². The summed E-state index contributed by atoms with van der Waals surface area (Å²) in [5, 5.41) is 4.09. The number of aryl methyl sites for hydroxylation is 1. The SMILES string of the molecule is CC(=NNC(=O)COc1cc(C)ccc1C(C)C)c1ccncc1. The van der Waals surface area contributed by atoms with Crippen LogP contribution in [-0.2, 0) is 4.79 Å². The van der Waals surface area contributed by atoms with Crippen molar-refractivity contribution in [3.63, 3.8) is 0 Å². The number of carbonyl (C=O) groups is 1. The van der Waals surface area contributed by atoms with Gasteiger partial charge >= 0.3 is 0 Å². The van der Waals surface area contributed by atoms with Crippen LogP contribution < -0.4 is 10.2 Å². The third kappa shape index (κ3) is 4.91. The molecule has 0 radical (unpaired) electrons. The van der Waals surface area contributed by atoms with Gasteiger partial charge in [0.15, 0.2) is 6.61 Å². The standard InChI is InChI=1S/C19H23N3O2/c1-13(2)17-6-5-14(3)11-18(17)24-12-19(23)22-21-15(4)16-7-9-20-10-8-16/h5-11,13H,12H2,1-4H3,(H,22,23). The number of benzene rings is 1. The number of nitrogens with zero attached hydrogens (tertiary/aromatic N) is 2. The highest BCUT2D eigenvalue weighted by Gasteiger charge is 2.10. The largest absolute Gasteiger partial charge is 0.483 e. The smallest absolute Gasteiger partial charge is 0.277 e. The third-order valence-corrected chi connectivity index (χ3v) is 3.60. The number of hydrogen-bond acceptors (Lipinski definition) is 4. The Morgan fingerprint density at radius 3 is 2.62 bits per heavy atom. The predicted molar refractivity (Wildman–Crippen MR) is 95.4 cm³/mol. The highest BCUT2D eigenvalue weighted by Crippen LogP contribution is 2.27. The molecule has 126 valence electrons. The first-order chi connectivity index (χ1) is 11.5. The fourth-order valence-electron chi connectivity index (χ4n) is 2.22. The maximum absolute atomic E-state index is 12.0. The molecule has 2 rings (SSSR count). The van der Waals surface area contributed by atoms with Gasteiger partial charge in [0.2, 0.25) is 0 Å². The van der Waals surface area contributed by atoms with Crippen LogP contribution in [0.2, 0.25) is 0 Å². The predicted octanol–water partition coefficient (Wildman–Crippen LogP) is 3.43. The molecule has 0 aliphatic rings. The fraction of sp³-hybridized carbons (Fsp3) is 0.316. The van der Waals surface area contributed by atoms with Crippen molar-refractivity contribution < 1.29 is 9.53 Å². The van der Waals surface area contributed by atoms with Gasteiger partial charge in [-0.15, -0.1) is 0 Å². The summed E-state index contributed by atoms with van der Waals surface area (Å²) in [6.07, 6.45) is 3.37. The zero-order chi connectivity index (χ0) is 17.5. The van der Waals surface area contributed by atoms with E-state index in [0.717, 1.165) is 22.4 Å². The molecule has 1 amide bonds. The van der Waals surface area contributed by atoms with E-state index in [2.05, 4.69) is 29.4 Å². The van der Waals surface area contributed by atoms with Gasteiger partial charge in [0.05, 0.1) is 5.71 Å². The van der Waals surface area contributed by atoms with Crippen molar-refractivity contribution in [1.82, 2.24) is 10.4 Å². The molecule has 0 aliphatic carbocycles. The van der Waals surface area contributed by atoms with Gasteiger partial charge in [-0.25, -0.2) is 5.43 Å². The Morgan fingerprint density at radius 2 is 1.96 bits per heavy atom. The lowest BCUT2D eigenvalue weighted by Crippen LogP contribution is -2.26. The Hall–Kier alpha value is -2.69. The minimum absolute atomic E-state index is 0.0731. The highest BCUT2D eigenvalue weighted by molar-refractivity contribution is 5.99. The highest BCUT2D eigenvalue weighted by atomic mass is 16.5. The average molecular weight is 325 g/mol. The maximum atomic E-state index is 12.0. The molecule has 1 aromatic carbocycles. The average Bonchev–Trinajstić information content (AvgIpc) is 2.58. The molecule has 5 nitrogen and oxygen atoms in total. The van der Waals surface area contributed by atoms with Crippen LogP contribution >= 0.6 is 0 Å². The number of hydrogen-bond donors (Lipinski definition) is 1. The molecule has 0 bridgehead atoms. The monoisotopic (exact) mass is 325 g/mol. The van der Waals surface area contributed by atoms with Crippen molar-refractivity contribution >= 4 is 11.6 Å². The second-order valence-corrected chi connectivity index (χ2v) is 5.95. The molecule has 0 unspecified atom stereocenters. The van der Waals surface area contributed by atoms with Crippen LogP contribution in [0.4, 0.5) is 0 Å². The quantitative estimate of drug-likeness (QED) is 0.654. The number of ether oxygens (including phenoxy) is 1. The first kappa shape index (κ1) is 17.7. The van der Waals surface area contributed by atoms with E-state index in [0.29, 0.717) is 11.6 Å². The summed E-state index contributed by atoms with van der Waals surface area (Å²) >= 11 is 0. The van der Waals surface area contributed by atoms with Crippen molar-refractivity contribution in [2.24, 2.45) is 5.10 Å². The van der Waals surface area contributed by atoms with E-state index in [4.69, 9.17) is 4.74 Å². The van der Waals surface area contributed by atoms with E-state index in [1.54, 1.807) is 12.4 Å². The minimum Gasteiger partial charge on any atom is -0.483 e. The Bertz CT molecular complexity index is 725. The lowest BCUT2D eigenvalue weighted by atomic mass is 10.0. The number of pyridine rings is 1. The molecule has 24 heavy (non-hydrogen) atoms. The molecule has 0 atom stereocenters. The normalized spacial score (nSPS) is 11.5. The number of amides is 1. The van der Waals surface area contributed by atoms with Crippen molar-refractivity contribution in [3.8, 4) is 5.75 Å². The first-order valence-electron chi connectivity index (χ1n) is 7.94. The molecule has 5 heteroatoms. The number of rotatable bonds is 6. The van der Waals surface area contributed by atoms with Gasteiger partial charge in [0, 0.05) is 18.0 Å². The molecule has 0 aliphatic heterocycles. The zero-order valence-electron chi connectivity index (χ0n) is 14.5. The molecule has 0 spiro atoms. The van der Waals surface area contributed by atoms with Crippen LogP contribution in [0, 0.1) is 6.92 Å². The van der Waals surface area contributed by atoms with Gasteiger partial charge in [-0.1, -0.05) is 26.0 Å². The number of aromatic nitrogens is 1. The molecule has 1 aromatic heterocycles. The second-order valence-electron chi connectivity index (χ2n) is 5.95. The van der Waals surface area contributed by atoms with Crippen molar-refractivity contribution in [3.05, 3.63) is 59.4 Å². The molecule has 0 fully saturated rings. The zero-order valence-corrected chi connectivity index (χ0v) is 14.5. The van der Waals surface area contributed by atoms with E-state index in [9.17, 15) is 4.79 Å². The van der Waals surface area contributed by atoms with Crippen molar-refractivity contribution in [2.45, 2.75) is 33.6 Å². The topological polar surface area (TPSA) is 63.6 Å². The van der Waals surface area contributed by atoms with Gasteiger partial charge in [-0.05, 0) is 49.1 Å². The lowest BCUT2D eigenvalue weighted by molar-refractivity contribution is -0.123. The summed E-state index contributed by atoms with van der Waals surface area (Å²) in [4.78, 5) is 15.9. The number of hydrazone groups is 1. The Morgan fingerprint density at radius 1 is 1.25 bits per heavy atom. The summed E-state index contributed by atoms with van der Waals surface area (Å²) in [6.45, 7) is 7.95. The second kappa shape index (κ2) is 8.24. The Kier molecular flexibility index (Phi) is 6.07. The Labute approximate surface area is 142 Å². The fourth-order valence-corrected chi connectivity index (χ4v) is 2.22. The van der Waals surface area contributed by atoms with Gasteiger partial charge < -0.3 is 4.74 Å². The maximum Gasteiger partial charge on any atom is 0.277 e. The van der Waals surface area contributed by atoms with Crippen LogP contribution in [0.15, 0.2) is 47.8 Å². The summed E-state index contributed by atoms with van der Waals surface area (Å²) in [6, 6.07) is 9.71. The summed E-state index contributed by atoms with van der Waals surface area (Å²) < 4.78 is 5.69. The molecule has 0 saturated heterocycles. The van der Waals surface area contributed by atoms with Crippen LogP contribution in [0.1, 0.15) is 43.4 Å². The van der Waals surface area contributed by atoms with E-state index in [1.165, 1.54) is 0 Å². The van der Waals surface area contributed by atoms with Crippen molar-refractivity contribution in [2.75, 3.05) is 6.61 Å². The molecule has 2 aromatic rings. The van der Waals surface area contributed by atoms with Gasteiger partial charge in [0.1, 0.15) is 5.75 Å². The molecule has 1 heterocycles. The summed E-state index contributed by atoms with van der Waals surface area (Å²) in [7, 11) is 0. The lowest BCUT2D eigenvalue weighted by Gasteiger charge is -2.14. The van der Waals surface area contributed by atoms with Gasteiger partial charge in [0.25, 0.3) is 5.91 Å². The molecular weight excluding hydrogens is 302 g/mol. The van der Waals surface area contributed by atoms with Crippen LogP contribution in [0.25, 0.3) is 0 Å². The minimum atomic E-state index is -0.292. The van der Waals surface area contributed by atoms with E-state index in [1.807, 2.05) is 44.2 Å². The van der Waals surface area contributed by atoms with Crippen molar-refractivity contribution in [1.29, 1.82) is 0 Å². The van der Waals surface area contributed by atoms with Crippen LogP contribution in [-0.4, -0.2) is 23.2 Å². The molecule has 1 N–H and O–H groups in total.